The zero-order valence-corrected chi connectivity index (χ0v) is 25.6. The summed E-state index contributed by atoms with van der Waals surface area (Å²) in [6.45, 7) is 8.31. The highest BCUT2D eigenvalue weighted by Crippen LogP contribution is 2.32. The van der Waals surface area contributed by atoms with Gasteiger partial charge in [0.25, 0.3) is 5.91 Å². The summed E-state index contributed by atoms with van der Waals surface area (Å²) in [5.74, 6) is -2.02. The third kappa shape index (κ3) is 7.27. The molecule has 5 rings (SSSR count). The van der Waals surface area contributed by atoms with E-state index in [4.69, 9.17) is 26.6 Å². The van der Waals surface area contributed by atoms with Gasteiger partial charge in [-0.3, -0.25) is 19.2 Å². The van der Waals surface area contributed by atoms with Gasteiger partial charge < -0.3 is 30.3 Å². The first-order valence-corrected chi connectivity index (χ1v) is 15.5. The van der Waals surface area contributed by atoms with Gasteiger partial charge in [0.05, 0.1) is 34.9 Å². The largest absolute Gasteiger partial charge is 0.476 e. The molecule has 5 heterocycles. The molecule has 3 aromatic heterocycles. The van der Waals surface area contributed by atoms with E-state index in [2.05, 4.69) is 39.2 Å². The molecule has 2 amide bonds. The lowest BCUT2D eigenvalue weighted by molar-refractivity contribution is -0.128. The number of rotatable bonds is 11. The van der Waals surface area contributed by atoms with Gasteiger partial charge in [0.2, 0.25) is 5.91 Å². The fourth-order valence-electron chi connectivity index (χ4n) is 5.90. The van der Waals surface area contributed by atoms with Gasteiger partial charge in [0, 0.05) is 50.4 Å². The molecule has 2 saturated heterocycles. The molecule has 15 heteroatoms. The van der Waals surface area contributed by atoms with Crippen LogP contribution in [0.3, 0.4) is 0 Å². The number of hydrogen-bond acceptors (Lipinski definition) is 10. The summed E-state index contributed by atoms with van der Waals surface area (Å²) < 4.78 is 12.9. The Morgan fingerprint density at radius 3 is 2.60 bits per heavy atom. The molecule has 43 heavy (non-hydrogen) atoms. The Balaban J connectivity index is 1.35. The van der Waals surface area contributed by atoms with Crippen molar-refractivity contribution in [1.82, 2.24) is 30.1 Å². The molecule has 2 aliphatic heterocycles. The van der Waals surface area contributed by atoms with Crippen molar-refractivity contribution in [2.45, 2.75) is 38.9 Å². The smallest absolute Gasteiger partial charge is 0.356 e. The van der Waals surface area contributed by atoms with Crippen LogP contribution in [0.5, 0.6) is 0 Å². The average Bonchev–Trinajstić information content (AvgIpc) is 3.74. The van der Waals surface area contributed by atoms with Gasteiger partial charge in [0.1, 0.15) is 11.4 Å². The van der Waals surface area contributed by atoms with E-state index in [0.717, 1.165) is 17.8 Å². The van der Waals surface area contributed by atoms with Crippen LogP contribution in [-0.4, -0.2) is 106 Å². The number of carbonyl (C=O) groups excluding carboxylic acids is 2. The van der Waals surface area contributed by atoms with Crippen LogP contribution in [-0.2, 0) is 16.1 Å². The number of primary amides is 1. The standard InChI is InChI=1S/C28H36ClN7O6S/c1-16(2)35-6-5-18(19(15-35)26(30)37)22(34-7-9-41-10-8-34)13-31-27(38)21-12-20(28(39)40)32-36(21)14-17-11-23(42-33-17)24-3-4-25(29)43-24/h3-4,11-12,16,18-19,22H,5-10,13-15H2,1-2H3,(H2,30,37)(H,31,38)(H,39,40). The van der Waals surface area contributed by atoms with Crippen LogP contribution in [0.25, 0.3) is 10.6 Å². The fourth-order valence-corrected chi connectivity index (χ4v) is 6.89. The number of thiophene rings is 1. The van der Waals surface area contributed by atoms with Crippen LogP contribution in [0.4, 0.5) is 0 Å². The molecule has 0 spiro atoms. The number of aromatic nitrogens is 3. The Morgan fingerprint density at radius 2 is 1.95 bits per heavy atom. The Kier molecular flexibility index (Phi) is 9.82. The Morgan fingerprint density at radius 1 is 1.19 bits per heavy atom. The molecule has 4 N–H and O–H groups in total. The Hall–Kier alpha value is -3.30. The number of halogens is 1. The van der Waals surface area contributed by atoms with Crippen molar-refractivity contribution in [2.75, 3.05) is 45.9 Å². The number of likely N-dealkylation sites (tertiary alicyclic amines) is 1. The van der Waals surface area contributed by atoms with Crippen molar-refractivity contribution in [3.8, 4) is 10.6 Å². The normalized spacial score (nSPS) is 20.7. The van der Waals surface area contributed by atoms with E-state index < -0.39 is 11.9 Å². The molecule has 3 unspecified atom stereocenters. The molecule has 0 aliphatic carbocycles. The van der Waals surface area contributed by atoms with Crippen molar-refractivity contribution in [1.29, 1.82) is 0 Å². The van der Waals surface area contributed by atoms with Gasteiger partial charge >= 0.3 is 5.97 Å². The predicted octanol–water partition coefficient (Wildman–Crippen LogP) is 2.26. The Labute approximate surface area is 257 Å². The number of nitrogens with two attached hydrogens (primary N) is 1. The molecule has 3 atom stereocenters. The molecule has 232 valence electrons. The topological polar surface area (TPSA) is 169 Å². The van der Waals surface area contributed by atoms with Crippen molar-refractivity contribution in [3.63, 3.8) is 0 Å². The van der Waals surface area contributed by atoms with Gasteiger partial charge in [0.15, 0.2) is 11.5 Å². The number of amides is 2. The van der Waals surface area contributed by atoms with E-state index in [1.54, 1.807) is 12.1 Å². The van der Waals surface area contributed by atoms with Crippen LogP contribution in [0.2, 0.25) is 4.34 Å². The molecule has 0 aromatic carbocycles. The highest BCUT2D eigenvalue weighted by Gasteiger charge is 2.41. The number of ether oxygens (including phenoxy) is 1. The van der Waals surface area contributed by atoms with E-state index in [9.17, 15) is 19.5 Å². The van der Waals surface area contributed by atoms with E-state index in [0.29, 0.717) is 48.6 Å². The third-order valence-corrected chi connectivity index (χ3v) is 9.44. The molecular weight excluding hydrogens is 598 g/mol. The van der Waals surface area contributed by atoms with Gasteiger partial charge in [-0.2, -0.15) is 5.10 Å². The second-order valence-corrected chi connectivity index (χ2v) is 12.9. The molecular formula is C28H36ClN7O6S. The second-order valence-electron chi connectivity index (χ2n) is 11.1. The van der Waals surface area contributed by atoms with Crippen LogP contribution in [0.15, 0.2) is 28.8 Å². The quantitative estimate of drug-likeness (QED) is 0.285. The lowest BCUT2D eigenvalue weighted by Gasteiger charge is -2.46. The van der Waals surface area contributed by atoms with Gasteiger partial charge in [-0.25, -0.2) is 4.79 Å². The maximum absolute atomic E-state index is 13.6. The highest BCUT2D eigenvalue weighted by atomic mass is 35.5. The minimum Gasteiger partial charge on any atom is -0.476 e. The molecule has 0 bridgehead atoms. The first-order valence-electron chi connectivity index (χ1n) is 14.3. The molecule has 0 saturated carbocycles. The number of piperidine rings is 1. The summed E-state index contributed by atoms with van der Waals surface area (Å²) in [4.78, 5) is 43.3. The predicted molar refractivity (Wildman–Crippen MR) is 159 cm³/mol. The Bertz CT molecular complexity index is 1450. The zero-order chi connectivity index (χ0) is 30.7. The van der Waals surface area contributed by atoms with E-state index in [1.165, 1.54) is 22.1 Å². The number of carboxylic acid groups (broad SMARTS) is 1. The minimum absolute atomic E-state index is 0.0168. The number of aromatic carboxylic acids is 1. The van der Waals surface area contributed by atoms with Crippen LogP contribution >= 0.6 is 22.9 Å². The van der Waals surface area contributed by atoms with Crippen LogP contribution < -0.4 is 11.1 Å². The van der Waals surface area contributed by atoms with Gasteiger partial charge in [-0.15, -0.1) is 11.3 Å². The number of carboxylic acids is 1. The second kappa shape index (κ2) is 13.6. The van der Waals surface area contributed by atoms with E-state index in [1.807, 2.05) is 6.07 Å². The SMILES string of the molecule is CC(C)N1CCC(C(CNC(=O)c2cc(C(=O)O)nn2Cc2cc(-c3ccc(Cl)s3)on2)N2CCOCC2)C(C(N)=O)C1. The van der Waals surface area contributed by atoms with Crippen molar-refractivity contribution >= 4 is 40.7 Å². The minimum atomic E-state index is -1.26. The summed E-state index contributed by atoms with van der Waals surface area (Å²) in [5, 5.41) is 20.8. The number of nitrogens with zero attached hydrogens (tertiary/aromatic N) is 5. The lowest BCUT2D eigenvalue weighted by Crippen LogP contribution is -2.59. The van der Waals surface area contributed by atoms with E-state index >= 15 is 0 Å². The number of nitrogens with one attached hydrogen (secondary N) is 1. The van der Waals surface area contributed by atoms with Gasteiger partial charge in [-0.1, -0.05) is 16.8 Å². The number of carbonyl (C=O) groups is 3. The number of hydrogen-bond donors (Lipinski definition) is 3. The van der Waals surface area contributed by atoms with Crippen molar-refractivity contribution in [2.24, 2.45) is 17.6 Å². The van der Waals surface area contributed by atoms with Gasteiger partial charge in [-0.05, 0) is 44.9 Å². The first-order chi connectivity index (χ1) is 20.6. The fraction of sp³-hybridized carbons (Fsp3) is 0.536. The molecule has 2 aliphatic rings. The van der Waals surface area contributed by atoms with Crippen LogP contribution in [0.1, 0.15) is 46.9 Å². The maximum atomic E-state index is 13.6. The van der Waals surface area contributed by atoms with Crippen molar-refractivity contribution in [3.05, 3.63) is 45.7 Å². The van der Waals surface area contributed by atoms with Crippen molar-refractivity contribution < 1.29 is 28.8 Å². The summed E-state index contributed by atoms with van der Waals surface area (Å²) in [5.41, 5.74) is 6.18. The third-order valence-electron chi connectivity index (χ3n) is 8.19. The van der Waals surface area contributed by atoms with E-state index in [-0.39, 0.29) is 54.3 Å². The maximum Gasteiger partial charge on any atom is 0.356 e. The summed E-state index contributed by atoms with van der Waals surface area (Å²) in [7, 11) is 0. The summed E-state index contributed by atoms with van der Waals surface area (Å²) in [6, 6.07) is 6.64. The summed E-state index contributed by atoms with van der Waals surface area (Å²) >= 11 is 7.37. The average molecular weight is 634 g/mol. The zero-order valence-electron chi connectivity index (χ0n) is 24.1. The first kappa shape index (κ1) is 31.1. The number of morpholine rings is 1. The molecule has 2 fully saturated rings. The summed E-state index contributed by atoms with van der Waals surface area (Å²) in [6.07, 6.45) is 0.759. The van der Waals surface area contributed by atoms with Crippen LogP contribution in [0, 0.1) is 11.8 Å². The molecule has 13 nitrogen and oxygen atoms in total. The highest BCUT2D eigenvalue weighted by molar-refractivity contribution is 7.19. The molecule has 3 aromatic rings. The monoisotopic (exact) mass is 633 g/mol. The lowest BCUT2D eigenvalue weighted by atomic mass is 9.78. The molecule has 0 radical (unpaired) electrons.